The summed E-state index contributed by atoms with van der Waals surface area (Å²) in [7, 11) is 0. The molecule has 4 aromatic rings. The molecule has 0 spiro atoms. The molecular weight excluding hydrogens is 422 g/mol. The van der Waals surface area contributed by atoms with Crippen LogP contribution in [0.25, 0.3) is 10.9 Å². The van der Waals surface area contributed by atoms with Crippen molar-refractivity contribution in [1.29, 1.82) is 0 Å². The number of ketones is 1. The molecule has 7 heteroatoms. The first-order valence-corrected chi connectivity index (χ1v) is 11.1. The average molecular weight is 444 g/mol. The summed E-state index contributed by atoms with van der Waals surface area (Å²) in [5.74, 6) is -0.356. The van der Waals surface area contributed by atoms with Gasteiger partial charge >= 0.3 is 0 Å². The van der Waals surface area contributed by atoms with E-state index in [-0.39, 0.29) is 23.0 Å². The third kappa shape index (κ3) is 4.78. The van der Waals surface area contributed by atoms with E-state index in [1.807, 2.05) is 42.5 Å². The minimum Gasteiger partial charge on any atom is -0.325 e. The van der Waals surface area contributed by atoms with E-state index >= 15 is 0 Å². The second-order valence-electron chi connectivity index (χ2n) is 7.23. The van der Waals surface area contributed by atoms with Gasteiger partial charge in [0.25, 0.3) is 5.56 Å². The standard InChI is InChI=1S/C25H21N3O3S/c1-17(29)19-11-5-7-13-21(19)26-23(30)16-32-25-27-22-14-8-6-12-20(22)24(31)28(25)15-18-9-3-2-4-10-18/h2-14H,15-16H2,1H3,(H,26,30). The van der Waals surface area contributed by atoms with E-state index in [9.17, 15) is 14.4 Å². The number of fused-ring (bicyclic) bond motifs is 1. The van der Waals surface area contributed by atoms with Crippen molar-refractivity contribution in [2.75, 3.05) is 11.1 Å². The molecule has 0 unspecified atom stereocenters. The molecule has 0 saturated heterocycles. The maximum atomic E-state index is 13.2. The van der Waals surface area contributed by atoms with Crippen LogP contribution in [0.15, 0.2) is 88.8 Å². The fraction of sp³-hybridized carbons (Fsp3) is 0.120. The van der Waals surface area contributed by atoms with Crippen LogP contribution in [0.4, 0.5) is 5.69 Å². The number of amides is 1. The lowest BCUT2D eigenvalue weighted by molar-refractivity contribution is -0.113. The smallest absolute Gasteiger partial charge is 0.262 e. The van der Waals surface area contributed by atoms with Gasteiger partial charge in [-0.25, -0.2) is 4.98 Å². The number of aromatic nitrogens is 2. The second kappa shape index (κ2) is 9.62. The minimum atomic E-state index is -0.280. The van der Waals surface area contributed by atoms with Crippen molar-refractivity contribution in [1.82, 2.24) is 9.55 Å². The monoisotopic (exact) mass is 443 g/mol. The first-order valence-electron chi connectivity index (χ1n) is 10.1. The lowest BCUT2D eigenvalue weighted by Crippen LogP contribution is -2.25. The molecule has 0 fully saturated rings. The molecule has 0 saturated carbocycles. The zero-order valence-electron chi connectivity index (χ0n) is 17.4. The quantitative estimate of drug-likeness (QED) is 0.260. The number of rotatable bonds is 7. The third-order valence-corrected chi connectivity index (χ3v) is 5.90. The molecule has 4 rings (SSSR count). The van der Waals surface area contributed by atoms with E-state index in [0.29, 0.717) is 33.9 Å². The van der Waals surface area contributed by atoms with Gasteiger partial charge in [0.2, 0.25) is 5.91 Å². The predicted molar refractivity (Wildman–Crippen MR) is 127 cm³/mol. The summed E-state index contributed by atoms with van der Waals surface area (Å²) < 4.78 is 1.60. The molecule has 0 radical (unpaired) electrons. The van der Waals surface area contributed by atoms with Crippen molar-refractivity contribution < 1.29 is 9.59 Å². The Hall–Kier alpha value is -3.71. The Morgan fingerprint density at radius 2 is 1.62 bits per heavy atom. The van der Waals surface area contributed by atoms with E-state index in [1.54, 1.807) is 41.0 Å². The lowest BCUT2D eigenvalue weighted by atomic mass is 10.1. The summed E-state index contributed by atoms with van der Waals surface area (Å²) >= 11 is 1.19. The summed E-state index contributed by atoms with van der Waals surface area (Å²) in [5, 5.41) is 3.79. The summed E-state index contributed by atoms with van der Waals surface area (Å²) in [4.78, 5) is 42.3. The van der Waals surface area contributed by atoms with Crippen molar-refractivity contribution in [3.8, 4) is 0 Å². The summed E-state index contributed by atoms with van der Waals surface area (Å²) in [6.45, 7) is 1.82. The number of carbonyl (C=O) groups excluding carboxylic acids is 2. The fourth-order valence-electron chi connectivity index (χ4n) is 3.38. The highest BCUT2D eigenvalue weighted by atomic mass is 32.2. The molecule has 0 bridgehead atoms. The average Bonchev–Trinajstić information content (AvgIpc) is 2.81. The van der Waals surface area contributed by atoms with Crippen molar-refractivity contribution in [3.63, 3.8) is 0 Å². The molecular formula is C25H21N3O3S. The number of nitrogens with zero attached hydrogens (tertiary/aromatic N) is 2. The maximum absolute atomic E-state index is 13.2. The van der Waals surface area contributed by atoms with Gasteiger partial charge in [0, 0.05) is 5.56 Å². The summed E-state index contributed by atoms with van der Waals surface area (Å²) in [6.07, 6.45) is 0. The summed E-state index contributed by atoms with van der Waals surface area (Å²) in [5.41, 5.74) is 2.33. The molecule has 1 aromatic heterocycles. The number of Topliss-reactive ketones (excluding diaryl/α,β-unsaturated/α-hetero) is 1. The van der Waals surface area contributed by atoms with Crippen molar-refractivity contribution in [2.45, 2.75) is 18.6 Å². The Labute approximate surface area is 189 Å². The fourth-order valence-corrected chi connectivity index (χ4v) is 4.18. The van der Waals surface area contributed by atoms with Crippen LogP contribution in [0, 0.1) is 0 Å². The molecule has 0 aliphatic carbocycles. The van der Waals surface area contributed by atoms with Crippen LogP contribution in [-0.2, 0) is 11.3 Å². The van der Waals surface area contributed by atoms with E-state index in [2.05, 4.69) is 10.3 Å². The van der Waals surface area contributed by atoms with Crippen LogP contribution in [-0.4, -0.2) is 27.0 Å². The maximum Gasteiger partial charge on any atom is 0.262 e. The van der Waals surface area contributed by atoms with Crippen LogP contribution in [0.1, 0.15) is 22.8 Å². The van der Waals surface area contributed by atoms with Gasteiger partial charge in [-0.15, -0.1) is 0 Å². The first kappa shape index (κ1) is 21.5. The van der Waals surface area contributed by atoms with Gasteiger partial charge < -0.3 is 5.32 Å². The Kier molecular flexibility index (Phi) is 6.47. The largest absolute Gasteiger partial charge is 0.325 e. The van der Waals surface area contributed by atoms with Gasteiger partial charge in [-0.05, 0) is 36.8 Å². The number of thioether (sulfide) groups is 1. The number of hydrogen-bond donors (Lipinski definition) is 1. The Morgan fingerprint density at radius 1 is 0.938 bits per heavy atom. The predicted octanol–water partition coefficient (Wildman–Crippen LogP) is 4.38. The molecule has 0 atom stereocenters. The molecule has 1 N–H and O–H groups in total. The number of carbonyl (C=O) groups is 2. The molecule has 32 heavy (non-hydrogen) atoms. The highest BCUT2D eigenvalue weighted by Crippen LogP contribution is 2.21. The van der Waals surface area contributed by atoms with Crippen molar-refractivity contribution in [2.24, 2.45) is 0 Å². The molecule has 1 heterocycles. The van der Waals surface area contributed by atoms with Crippen LogP contribution >= 0.6 is 11.8 Å². The van der Waals surface area contributed by atoms with E-state index in [0.717, 1.165) is 5.56 Å². The number of benzene rings is 3. The van der Waals surface area contributed by atoms with Crippen LogP contribution < -0.4 is 10.9 Å². The highest BCUT2D eigenvalue weighted by Gasteiger charge is 2.15. The van der Waals surface area contributed by atoms with Gasteiger partial charge in [0.05, 0.1) is 28.9 Å². The topological polar surface area (TPSA) is 81.1 Å². The third-order valence-electron chi connectivity index (χ3n) is 4.92. The summed E-state index contributed by atoms with van der Waals surface area (Å²) in [6, 6.07) is 23.7. The Bertz CT molecular complexity index is 1350. The van der Waals surface area contributed by atoms with Gasteiger partial charge in [0.1, 0.15) is 0 Å². The lowest BCUT2D eigenvalue weighted by Gasteiger charge is -2.14. The zero-order valence-corrected chi connectivity index (χ0v) is 18.3. The molecule has 1 amide bonds. The number of para-hydroxylation sites is 2. The van der Waals surface area contributed by atoms with Crippen LogP contribution in [0.3, 0.4) is 0 Å². The molecule has 6 nitrogen and oxygen atoms in total. The zero-order chi connectivity index (χ0) is 22.5. The van der Waals surface area contributed by atoms with E-state index in [1.165, 1.54) is 18.7 Å². The van der Waals surface area contributed by atoms with E-state index < -0.39 is 0 Å². The SMILES string of the molecule is CC(=O)c1ccccc1NC(=O)CSc1nc2ccccc2c(=O)n1Cc1ccccc1. The van der Waals surface area contributed by atoms with Gasteiger partial charge in [-0.1, -0.05) is 66.4 Å². The number of nitrogens with one attached hydrogen (secondary N) is 1. The molecule has 0 aliphatic heterocycles. The Morgan fingerprint density at radius 3 is 2.41 bits per heavy atom. The first-order chi connectivity index (χ1) is 15.5. The van der Waals surface area contributed by atoms with Gasteiger partial charge in [-0.2, -0.15) is 0 Å². The van der Waals surface area contributed by atoms with Crippen LogP contribution in [0.5, 0.6) is 0 Å². The molecule has 160 valence electrons. The number of hydrogen-bond acceptors (Lipinski definition) is 5. The minimum absolute atomic E-state index is 0.0474. The van der Waals surface area contributed by atoms with Crippen LogP contribution in [0.2, 0.25) is 0 Å². The van der Waals surface area contributed by atoms with E-state index in [4.69, 9.17) is 0 Å². The van der Waals surface area contributed by atoms with Gasteiger partial charge in [0.15, 0.2) is 10.9 Å². The van der Waals surface area contributed by atoms with Gasteiger partial charge in [-0.3, -0.25) is 19.0 Å². The molecule has 3 aromatic carbocycles. The Balaban J connectivity index is 1.61. The number of anilines is 1. The second-order valence-corrected chi connectivity index (χ2v) is 8.17. The normalized spacial score (nSPS) is 10.8. The van der Waals surface area contributed by atoms with Crippen molar-refractivity contribution in [3.05, 3.63) is 100 Å². The van der Waals surface area contributed by atoms with Crippen molar-refractivity contribution >= 4 is 40.0 Å². The molecule has 0 aliphatic rings. The highest BCUT2D eigenvalue weighted by molar-refractivity contribution is 7.99.